The monoisotopic (exact) mass is 141 g/mol. The smallest absolute Gasteiger partial charge is 0.214 e. The number of rotatable bonds is 1. The Morgan fingerprint density at radius 1 is 1.67 bits per heavy atom. The fourth-order valence-electron chi connectivity index (χ4n) is 0.488. The number of hydrogen-bond acceptors (Lipinski definition) is 1. The van der Waals surface area contributed by atoms with Crippen LogP contribution < -0.4 is 0 Å². The Morgan fingerprint density at radius 2 is 2.44 bits per heavy atom. The van der Waals surface area contributed by atoms with E-state index in [0.717, 1.165) is 0 Å². The molecule has 3 heteroatoms. The maximum atomic E-state index is 10.3. The minimum absolute atomic E-state index is 0.411. The maximum Gasteiger partial charge on any atom is 0.214 e. The van der Waals surface area contributed by atoms with Crippen LogP contribution in [0.15, 0.2) is 29.2 Å². The predicted octanol–water partition coefficient (Wildman–Crippen LogP) is 1.02. The van der Waals surface area contributed by atoms with Gasteiger partial charge in [0.2, 0.25) is 11.1 Å². The highest BCUT2D eigenvalue weighted by Crippen LogP contribution is 2.05. The fraction of sp³-hybridized carbons (Fsp3) is 0. The molecule has 0 bridgehead atoms. The predicted molar refractivity (Wildman–Crippen MR) is 35.8 cm³/mol. The molecule has 1 N–H and O–H groups in total. The molecule has 0 amide bonds. The van der Waals surface area contributed by atoms with Crippen LogP contribution in [0.3, 0.4) is 0 Å². The van der Waals surface area contributed by atoms with Crippen molar-refractivity contribution in [3.05, 3.63) is 35.3 Å². The second kappa shape index (κ2) is 2.69. The largest absolute Gasteiger partial charge is 0.300 e. The highest BCUT2D eigenvalue weighted by molar-refractivity contribution is 7.83. The summed E-state index contributed by atoms with van der Waals surface area (Å²) in [4.78, 5) is 0.411. The number of hydrogen-bond donors (Lipinski definition) is 1. The van der Waals surface area contributed by atoms with Crippen molar-refractivity contribution in [3.63, 3.8) is 0 Å². The van der Waals surface area contributed by atoms with Gasteiger partial charge in [0.05, 0.1) is 12.2 Å². The first-order valence-corrected chi connectivity index (χ1v) is 3.48. The average Bonchev–Trinajstić information content (AvgIpc) is 1.90. The zero-order valence-corrected chi connectivity index (χ0v) is 5.39. The quantitative estimate of drug-likeness (QED) is 0.437. The van der Waals surface area contributed by atoms with E-state index in [9.17, 15) is 4.21 Å². The first-order valence-electron chi connectivity index (χ1n) is 2.37. The lowest BCUT2D eigenvalue weighted by atomic mass is 10.3. The molecule has 0 saturated carbocycles. The van der Waals surface area contributed by atoms with Gasteiger partial charge in [0.15, 0.2) is 4.91 Å². The van der Waals surface area contributed by atoms with Crippen LogP contribution in [0.1, 0.15) is 0 Å². The summed E-state index contributed by atoms with van der Waals surface area (Å²) in [6, 6.07) is 0. The third kappa shape index (κ3) is 1.57. The van der Waals surface area contributed by atoms with Crippen LogP contribution in [-0.2, 0) is 11.1 Å². The minimum atomic E-state index is -1.85. The summed E-state index contributed by atoms with van der Waals surface area (Å²) in [5.74, 6) is 0. The normalized spacial score (nSPS) is 18.6. The lowest BCUT2D eigenvalue weighted by molar-refractivity contribution is 0.572. The molecular weight excluding hydrogens is 136 g/mol. The Labute approximate surface area is 55.9 Å². The number of allylic oxidation sites excluding steroid dienone is 5. The Kier molecular flexibility index (Phi) is 1.90. The molecule has 9 heavy (non-hydrogen) atoms. The van der Waals surface area contributed by atoms with E-state index in [-0.39, 0.29) is 0 Å². The highest BCUT2D eigenvalue weighted by atomic mass is 32.2. The molecule has 0 aromatic heterocycles. The zero-order chi connectivity index (χ0) is 6.69. The van der Waals surface area contributed by atoms with Crippen LogP contribution in [-0.4, -0.2) is 8.76 Å². The summed E-state index contributed by atoms with van der Waals surface area (Å²) in [7, 11) is 0. The highest BCUT2D eigenvalue weighted by Gasteiger charge is 2.06. The fourth-order valence-corrected chi connectivity index (χ4v) is 0.857. The molecule has 1 atom stereocenters. The molecule has 0 radical (unpaired) electrons. The Balaban J connectivity index is 2.84. The van der Waals surface area contributed by atoms with E-state index in [1.165, 1.54) is 0 Å². The van der Waals surface area contributed by atoms with Crippen LogP contribution in [0.5, 0.6) is 0 Å². The molecule has 0 fully saturated rings. The van der Waals surface area contributed by atoms with Gasteiger partial charge in [0.25, 0.3) is 0 Å². The van der Waals surface area contributed by atoms with Gasteiger partial charge in [-0.3, -0.25) is 0 Å². The van der Waals surface area contributed by atoms with Gasteiger partial charge in [-0.05, 0) is 0 Å². The van der Waals surface area contributed by atoms with Gasteiger partial charge in [0, 0.05) is 6.08 Å². The Morgan fingerprint density at radius 3 is 2.78 bits per heavy atom. The Hall–Kier alpha value is -0.760. The standard InChI is InChI=1S/C6H4O2S/c7-9(8)6-4-2-1-3-5-6/h2-5H/p+1. The lowest BCUT2D eigenvalue weighted by Crippen LogP contribution is -1.89. The summed E-state index contributed by atoms with van der Waals surface area (Å²) >= 11 is -1.85. The van der Waals surface area contributed by atoms with Crippen molar-refractivity contribution in [1.29, 1.82) is 0 Å². The van der Waals surface area contributed by atoms with Crippen molar-refractivity contribution in [2.45, 2.75) is 0 Å². The van der Waals surface area contributed by atoms with Crippen molar-refractivity contribution in [1.82, 2.24) is 0 Å². The van der Waals surface area contributed by atoms with E-state index in [1.807, 2.05) is 0 Å². The van der Waals surface area contributed by atoms with Crippen LogP contribution in [0.4, 0.5) is 0 Å². The topological polar surface area (TPSA) is 37.3 Å². The molecule has 0 aromatic rings. The summed E-state index contributed by atoms with van der Waals surface area (Å²) in [5, 5.41) is 0. The maximum absolute atomic E-state index is 10.3. The summed E-state index contributed by atoms with van der Waals surface area (Å²) in [6.45, 7) is 0. The van der Waals surface area contributed by atoms with E-state index < -0.39 is 11.1 Å². The SMILES string of the molecule is O=S(O)C1=CC=[C+]C=C1. The third-order valence-corrected chi connectivity index (χ3v) is 1.56. The first kappa shape index (κ1) is 6.36. The van der Waals surface area contributed by atoms with Gasteiger partial charge < -0.3 is 4.55 Å². The van der Waals surface area contributed by atoms with Crippen LogP contribution in [0, 0.1) is 6.08 Å². The third-order valence-electron chi connectivity index (χ3n) is 0.889. The molecule has 0 spiro atoms. The minimum Gasteiger partial charge on any atom is -0.300 e. The molecule has 0 saturated heterocycles. The van der Waals surface area contributed by atoms with Gasteiger partial charge in [-0.25, -0.2) is 4.21 Å². The molecule has 46 valence electrons. The molecule has 1 aliphatic carbocycles. The molecule has 2 nitrogen and oxygen atoms in total. The zero-order valence-electron chi connectivity index (χ0n) is 4.57. The van der Waals surface area contributed by atoms with Crippen molar-refractivity contribution >= 4 is 11.1 Å². The molecular formula is C6H5O2S+. The van der Waals surface area contributed by atoms with Gasteiger partial charge in [0.1, 0.15) is 12.2 Å². The van der Waals surface area contributed by atoms with Crippen molar-refractivity contribution in [2.24, 2.45) is 0 Å². The molecule has 0 aliphatic heterocycles. The van der Waals surface area contributed by atoms with Crippen molar-refractivity contribution in [3.8, 4) is 0 Å². The van der Waals surface area contributed by atoms with Crippen LogP contribution in [0.25, 0.3) is 0 Å². The second-order valence-corrected chi connectivity index (χ2v) is 2.45. The summed E-state index contributed by atoms with van der Waals surface area (Å²) < 4.78 is 18.8. The molecule has 1 rings (SSSR count). The summed E-state index contributed by atoms with van der Waals surface area (Å²) in [5.41, 5.74) is 0. The van der Waals surface area contributed by atoms with E-state index >= 15 is 0 Å². The van der Waals surface area contributed by atoms with E-state index in [4.69, 9.17) is 4.55 Å². The van der Waals surface area contributed by atoms with Crippen molar-refractivity contribution < 1.29 is 8.76 Å². The molecule has 1 aliphatic rings. The van der Waals surface area contributed by atoms with Crippen molar-refractivity contribution in [2.75, 3.05) is 0 Å². The van der Waals surface area contributed by atoms with E-state index in [0.29, 0.717) is 4.91 Å². The summed E-state index contributed by atoms with van der Waals surface area (Å²) in [6.07, 6.45) is 9.05. The lowest BCUT2D eigenvalue weighted by Gasteiger charge is -1.85. The Bertz CT molecular complexity index is 213. The molecule has 0 heterocycles. The van der Waals surface area contributed by atoms with Crippen LogP contribution in [0.2, 0.25) is 0 Å². The first-order chi connectivity index (χ1) is 4.30. The average molecular weight is 141 g/mol. The van der Waals surface area contributed by atoms with Gasteiger partial charge >= 0.3 is 0 Å². The van der Waals surface area contributed by atoms with Gasteiger partial charge in [-0.2, -0.15) is 0 Å². The van der Waals surface area contributed by atoms with Crippen LogP contribution >= 0.6 is 0 Å². The molecule has 0 aromatic carbocycles. The second-order valence-electron chi connectivity index (χ2n) is 1.48. The molecule has 1 unspecified atom stereocenters. The van der Waals surface area contributed by atoms with E-state index in [1.54, 1.807) is 24.3 Å². The van der Waals surface area contributed by atoms with Gasteiger partial charge in [-0.1, -0.05) is 0 Å². The van der Waals surface area contributed by atoms with Gasteiger partial charge in [-0.15, -0.1) is 0 Å². The van der Waals surface area contributed by atoms with E-state index in [2.05, 4.69) is 6.08 Å².